The van der Waals surface area contributed by atoms with Gasteiger partial charge >= 0.3 is 0 Å². The minimum absolute atomic E-state index is 0.349. The quantitative estimate of drug-likeness (QED) is 0.631. The van der Waals surface area contributed by atoms with Crippen LogP contribution in [0.2, 0.25) is 0 Å². The molecular weight excluding hydrogens is 355 g/mol. The molecule has 1 unspecified atom stereocenters. The molecule has 3 N–H and O–H groups in total. The summed E-state index contributed by atoms with van der Waals surface area (Å²) in [5.74, 6) is 4.93. The van der Waals surface area contributed by atoms with E-state index in [1.807, 2.05) is 6.92 Å². The van der Waals surface area contributed by atoms with Crippen LogP contribution in [0.4, 0.5) is 10.1 Å². The molecule has 0 radical (unpaired) electrons. The number of halogens is 1. The molecule has 1 aliphatic heterocycles. The molecule has 1 aliphatic rings. The summed E-state index contributed by atoms with van der Waals surface area (Å²) in [6, 6.07) is 6.24. The van der Waals surface area contributed by atoms with Gasteiger partial charge in [0.1, 0.15) is 11.7 Å². The number of nitrogens with two attached hydrogens (primary N) is 1. The minimum atomic E-state index is -0.891. The van der Waals surface area contributed by atoms with Crippen molar-refractivity contribution in [3.8, 4) is 11.8 Å². The van der Waals surface area contributed by atoms with Gasteiger partial charge in [-0.15, -0.1) is 0 Å². The van der Waals surface area contributed by atoms with Gasteiger partial charge in [0, 0.05) is 42.0 Å². The van der Waals surface area contributed by atoms with E-state index in [-0.39, 0.29) is 0 Å². The average Bonchev–Trinajstić information content (AvgIpc) is 2.66. The van der Waals surface area contributed by atoms with Crippen LogP contribution in [0.15, 0.2) is 41.7 Å². The molecule has 2 aromatic rings. The summed E-state index contributed by atoms with van der Waals surface area (Å²) >= 11 is 0. The van der Waals surface area contributed by atoms with Gasteiger partial charge in [-0.25, -0.2) is 4.39 Å². The van der Waals surface area contributed by atoms with E-state index in [4.69, 9.17) is 5.73 Å². The van der Waals surface area contributed by atoms with Crippen LogP contribution in [0.3, 0.4) is 0 Å². The molecule has 0 bridgehead atoms. The van der Waals surface area contributed by atoms with Gasteiger partial charge in [0.25, 0.3) is 5.91 Å². The predicted octanol–water partition coefficient (Wildman–Crippen LogP) is 3.53. The summed E-state index contributed by atoms with van der Waals surface area (Å²) in [5.41, 5.74) is 7.79. The Morgan fingerprint density at radius 1 is 1.39 bits per heavy atom. The zero-order valence-corrected chi connectivity index (χ0v) is 16.1. The van der Waals surface area contributed by atoms with Crippen LogP contribution >= 0.6 is 0 Å². The minimum Gasteiger partial charge on any atom is -0.383 e. The Kier molecular flexibility index (Phi) is 5.74. The number of amides is 1. The Hall–Kier alpha value is -3.20. The maximum atomic E-state index is 14.7. The van der Waals surface area contributed by atoms with E-state index >= 15 is 0 Å². The third-order valence-corrected chi connectivity index (χ3v) is 4.74. The Bertz CT molecular complexity index is 990. The normalized spacial score (nSPS) is 17.8. The lowest BCUT2D eigenvalue weighted by Crippen LogP contribution is -2.34. The Morgan fingerprint density at radius 3 is 3.00 bits per heavy atom. The number of nitrogens with one attached hydrogen (secondary N) is 1. The highest BCUT2D eigenvalue weighted by atomic mass is 19.1. The summed E-state index contributed by atoms with van der Waals surface area (Å²) in [5, 5.41) is 2.70. The number of aromatic nitrogens is 1. The fourth-order valence-electron chi connectivity index (χ4n) is 3.30. The van der Waals surface area contributed by atoms with Gasteiger partial charge in [-0.3, -0.25) is 14.8 Å². The number of benzene rings is 1. The van der Waals surface area contributed by atoms with E-state index in [1.54, 1.807) is 24.5 Å². The van der Waals surface area contributed by atoms with Crippen molar-refractivity contribution in [2.75, 3.05) is 5.32 Å². The molecule has 5 nitrogen and oxygen atoms in total. The van der Waals surface area contributed by atoms with Gasteiger partial charge in [0.2, 0.25) is 0 Å². The second kappa shape index (κ2) is 8.22. The summed E-state index contributed by atoms with van der Waals surface area (Å²) in [4.78, 5) is 20.7. The topological polar surface area (TPSA) is 80.4 Å². The Labute approximate surface area is 164 Å². The number of unbranched alkanes of at least 4 members (excludes halogenated alkanes) is 2. The third-order valence-electron chi connectivity index (χ3n) is 4.74. The molecule has 1 atom stereocenters. The van der Waals surface area contributed by atoms with Crippen LogP contribution in [0.25, 0.3) is 0 Å². The van der Waals surface area contributed by atoms with Gasteiger partial charge < -0.3 is 11.1 Å². The van der Waals surface area contributed by atoms with Gasteiger partial charge in [-0.2, -0.15) is 0 Å². The molecule has 0 aliphatic carbocycles. The lowest BCUT2D eigenvalue weighted by molar-refractivity contribution is -0.111. The molecule has 1 aromatic carbocycles. The number of carbonyl (C=O) groups is 1. The van der Waals surface area contributed by atoms with E-state index < -0.39 is 17.3 Å². The number of hydrogen-bond acceptors (Lipinski definition) is 4. The molecule has 6 heteroatoms. The van der Waals surface area contributed by atoms with Crippen molar-refractivity contribution in [2.45, 2.75) is 45.1 Å². The molecule has 0 fully saturated rings. The van der Waals surface area contributed by atoms with Gasteiger partial charge in [-0.1, -0.05) is 19.3 Å². The Balaban J connectivity index is 1.87. The number of fused-ring (bicyclic) bond motifs is 1. The first-order valence-electron chi connectivity index (χ1n) is 9.31. The lowest BCUT2D eigenvalue weighted by atomic mass is 9.82. The second-order valence-corrected chi connectivity index (χ2v) is 7.03. The standard InChI is InChI=1S/C22H23FN4O/c1-3-4-5-6-7-20(28)26-16-8-9-19(23)18(12-16)22(2)13-15-14-25-11-10-17(15)21(24)27-22/h8-12,14H,3-5,13H2,1-2H3,(H2,24,27)(H,26,28). The number of pyridine rings is 1. The van der Waals surface area contributed by atoms with E-state index in [1.165, 1.54) is 12.1 Å². The van der Waals surface area contributed by atoms with Crippen LogP contribution in [0, 0.1) is 17.7 Å². The highest BCUT2D eigenvalue weighted by Gasteiger charge is 2.34. The number of rotatable bonds is 4. The van der Waals surface area contributed by atoms with Crippen molar-refractivity contribution < 1.29 is 9.18 Å². The summed E-state index contributed by atoms with van der Waals surface area (Å²) in [7, 11) is 0. The largest absolute Gasteiger partial charge is 0.383 e. The molecule has 2 heterocycles. The maximum absolute atomic E-state index is 14.7. The number of nitrogens with zero attached hydrogens (tertiary/aromatic N) is 2. The fraction of sp³-hybridized carbons (Fsp3) is 0.318. The fourth-order valence-corrected chi connectivity index (χ4v) is 3.30. The van der Waals surface area contributed by atoms with Crippen molar-refractivity contribution in [3.05, 3.63) is 59.2 Å². The van der Waals surface area contributed by atoms with E-state index in [0.29, 0.717) is 29.9 Å². The van der Waals surface area contributed by atoms with Crippen LogP contribution in [0.5, 0.6) is 0 Å². The first-order valence-corrected chi connectivity index (χ1v) is 9.31. The van der Waals surface area contributed by atoms with Crippen LogP contribution in [0.1, 0.15) is 49.8 Å². The zero-order chi connectivity index (χ0) is 20.1. The highest BCUT2D eigenvalue weighted by molar-refractivity contribution is 6.04. The predicted molar refractivity (Wildman–Crippen MR) is 108 cm³/mol. The number of carbonyl (C=O) groups excluding carboxylic acids is 1. The number of anilines is 1. The Morgan fingerprint density at radius 2 is 2.21 bits per heavy atom. The first kappa shape index (κ1) is 19.6. The molecule has 144 valence electrons. The molecule has 28 heavy (non-hydrogen) atoms. The summed E-state index contributed by atoms with van der Waals surface area (Å²) in [6.45, 7) is 3.89. The maximum Gasteiger partial charge on any atom is 0.300 e. The SMILES string of the molecule is CCCCC#CC(=O)Nc1ccc(F)c(C2(C)Cc3cnccc3C(N)=N2)c1. The van der Waals surface area contributed by atoms with Gasteiger partial charge in [0.15, 0.2) is 0 Å². The van der Waals surface area contributed by atoms with Crippen LogP contribution in [-0.2, 0) is 16.8 Å². The lowest BCUT2D eigenvalue weighted by Gasteiger charge is -2.32. The number of aliphatic imine (C=N–C) groups is 1. The molecule has 3 rings (SSSR count). The monoisotopic (exact) mass is 378 g/mol. The van der Waals surface area contributed by atoms with Crippen molar-refractivity contribution in [3.63, 3.8) is 0 Å². The smallest absolute Gasteiger partial charge is 0.300 e. The van der Waals surface area contributed by atoms with Gasteiger partial charge in [-0.05, 0) is 49.1 Å². The highest BCUT2D eigenvalue weighted by Crippen LogP contribution is 2.37. The number of hydrogen-bond donors (Lipinski definition) is 2. The molecule has 0 spiro atoms. The van der Waals surface area contributed by atoms with Crippen molar-refractivity contribution in [2.24, 2.45) is 10.7 Å². The second-order valence-electron chi connectivity index (χ2n) is 7.03. The van der Waals surface area contributed by atoms with Crippen LogP contribution < -0.4 is 11.1 Å². The van der Waals surface area contributed by atoms with Crippen molar-refractivity contribution in [1.29, 1.82) is 0 Å². The first-order chi connectivity index (χ1) is 13.4. The van der Waals surface area contributed by atoms with Crippen molar-refractivity contribution in [1.82, 2.24) is 4.98 Å². The molecule has 0 saturated heterocycles. The van der Waals surface area contributed by atoms with Crippen LogP contribution in [-0.4, -0.2) is 16.7 Å². The van der Waals surface area contributed by atoms with E-state index in [0.717, 1.165) is 24.0 Å². The average molecular weight is 378 g/mol. The molecule has 1 aromatic heterocycles. The zero-order valence-electron chi connectivity index (χ0n) is 16.1. The van der Waals surface area contributed by atoms with Crippen molar-refractivity contribution >= 4 is 17.4 Å². The van der Waals surface area contributed by atoms with E-state index in [9.17, 15) is 9.18 Å². The molecule has 1 amide bonds. The summed E-state index contributed by atoms with van der Waals surface area (Å²) < 4.78 is 14.7. The molecular formula is C22H23FN4O. The van der Waals surface area contributed by atoms with E-state index in [2.05, 4.69) is 34.1 Å². The van der Waals surface area contributed by atoms with Gasteiger partial charge in [0.05, 0.1) is 5.54 Å². The molecule has 0 saturated carbocycles. The summed E-state index contributed by atoms with van der Waals surface area (Å²) in [6.07, 6.45) is 6.50. The number of amidine groups is 1. The third kappa shape index (κ3) is 4.20.